The van der Waals surface area contributed by atoms with Gasteiger partial charge in [0.05, 0.1) is 11.8 Å². The first-order valence-electron chi connectivity index (χ1n) is 5.81. The molecule has 16 heavy (non-hydrogen) atoms. The van der Waals surface area contributed by atoms with E-state index in [0.717, 1.165) is 0 Å². The van der Waals surface area contributed by atoms with E-state index in [1.807, 2.05) is 0 Å². The third kappa shape index (κ3) is 2.41. The zero-order valence-corrected chi connectivity index (χ0v) is 9.28. The summed E-state index contributed by atoms with van der Waals surface area (Å²) < 4.78 is 0. The molecule has 0 saturated heterocycles. The topological polar surface area (TPSA) is 83.8 Å². The molecule has 1 aromatic rings. The third-order valence-corrected chi connectivity index (χ3v) is 3.30. The largest absolute Gasteiger partial charge is 0.348 e. The summed E-state index contributed by atoms with van der Waals surface area (Å²) in [7, 11) is 0. The minimum absolute atomic E-state index is 0.0869. The minimum atomic E-state index is -0.0869. The maximum Gasteiger partial charge on any atom is 0.254 e. The predicted octanol–water partition coefficient (Wildman–Crippen LogP) is 0.657. The van der Waals surface area contributed by atoms with Crippen LogP contribution in [0.3, 0.4) is 0 Å². The average molecular weight is 222 g/mol. The molecule has 2 rings (SSSR count). The number of nitrogens with zero attached hydrogens (tertiary/aromatic N) is 1. The van der Waals surface area contributed by atoms with Gasteiger partial charge in [-0.25, -0.2) is 0 Å². The quantitative estimate of drug-likeness (QED) is 0.699. The van der Waals surface area contributed by atoms with Gasteiger partial charge >= 0.3 is 0 Å². The normalized spacial score (nSPS) is 18.6. The van der Waals surface area contributed by atoms with Crippen LogP contribution in [0.15, 0.2) is 12.4 Å². The summed E-state index contributed by atoms with van der Waals surface area (Å²) in [4.78, 5) is 11.8. The van der Waals surface area contributed by atoms with Crippen molar-refractivity contribution in [3.8, 4) is 0 Å². The van der Waals surface area contributed by atoms with E-state index in [2.05, 4.69) is 15.5 Å². The van der Waals surface area contributed by atoms with Crippen LogP contribution in [0.2, 0.25) is 0 Å². The van der Waals surface area contributed by atoms with E-state index in [-0.39, 0.29) is 11.9 Å². The lowest BCUT2D eigenvalue weighted by atomic mass is 9.98. The summed E-state index contributed by atoms with van der Waals surface area (Å²) in [5.41, 5.74) is 6.28. The monoisotopic (exact) mass is 222 g/mol. The van der Waals surface area contributed by atoms with Gasteiger partial charge in [-0.1, -0.05) is 12.8 Å². The number of rotatable bonds is 4. The number of aromatic amines is 1. The van der Waals surface area contributed by atoms with Gasteiger partial charge in [-0.15, -0.1) is 0 Å². The molecule has 1 aromatic heterocycles. The number of amides is 1. The second-order valence-electron chi connectivity index (χ2n) is 4.35. The summed E-state index contributed by atoms with van der Waals surface area (Å²) in [6.45, 7) is 0.508. The van der Waals surface area contributed by atoms with Crippen LogP contribution >= 0.6 is 0 Å². The van der Waals surface area contributed by atoms with Gasteiger partial charge in [0.25, 0.3) is 5.91 Å². The summed E-state index contributed by atoms with van der Waals surface area (Å²) >= 11 is 0. The van der Waals surface area contributed by atoms with Gasteiger partial charge < -0.3 is 11.1 Å². The van der Waals surface area contributed by atoms with Crippen molar-refractivity contribution in [2.75, 3.05) is 6.54 Å². The number of nitrogens with one attached hydrogen (secondary N) is 2. The van der Waals surface area contributed by atoms with Gasteiger partial charge in [-0.3, -0.25) is 9.89 Å². The average Bonchev–Trinajstić information content (AvgIpc) is 2.96. The van der Waals surface area contributed by atoms with Gasteiger partial charge in [-0.2, -0.15) is 5.10 Å². The van der Waals surface area contributed by atoms with Gasteiger partial charge in [0.1, 0.15) is 0 Å². The lowest BCUT2D eigenvalue weighted by Gasteiger charge is -2.22. The van der Waals surface area contributed by atoms with Gasteiger partial charge in [-0.05, 0) is 18.8 Å². The first kappa shape index (κ1) is 11.1. The molecular weight excluding hydrogens is 204 g/mol. The van der Waals surface area contributed by atoms with Gasteiger partial charge in [0.2, 0.25) is 0 Å². The zero-order chi connectivity index (χ0) is 11.4. The Morgan fingerprint density at radius 1 is 1.62 bits per heavy atom. The standard InChI is InChI=1S/C11H18N4O/c12-5-10(8-3-1-2-4-8)15-11(16)9-6-13-14-7-9/h6-8,10H,1-5,12H2,(H,13,14)(H,15,16). The Hall–Kier alpha value is -1.36. The van der Waals surface area contributed by atoms with Crippen molar-refractivity contribution in [1.29, 1.82) is 0 Å². The molecule has 0 radical (unpaired) electrons. The van der Waals surface area contributed by atoms with Crippen molar-refractivity contribution in [3.05, 3.63) is 18.0 Å². The van der Waals surface area contributed by atoms with E-state index in [1.165, 1.54) is 31.9 Å². The maximum atomic E-state index is 11.8. The van der Waals surface area contributed by atoms with Crippen LogP contribution in [-0.4, -0.2) is 28.7 Å². The van der Waals surface area contributed by atoms with Crippen molar-refractivity contribution in [2.24, 2.45) is 11.7 Å². The molecule has 1 unspecified atom stereocenters. The lowest BCUT2D eigenvalue weighted by molar-refractivity contribution is 0.0924. The van der Waals surface area contributed by atoms with E-state index in [0.29, 0.717) is 18.0 Å². The number of hydrogen-bond acceptors (Lipinski definition) is 3. The highest BCUT2D eigenvalue weighted by molar-refractivity contribution is 5.93. The van der Waals surface area contributed by atoms with Crippen LogP contribution in [0.5, 0.6) is 0 Å². The first-order valence-corrected chi connectivity index (χ1v) is 5.81. The molecule has 1 atom stereocenters. The first-order chi connectivity index (χ1) is 7.81. The molecule has 1 aliphatic rings. The van der Waals surface area contributed by atoms with Crippen molar-refractivity contribution in [2.45, 2.75) is 31.7 Å². The Kier molecular flexibility index (Phi) is 3.56. The Bertz CT molecular complexity index is 330. The predicted molar refractivity (Wildman–Crippen MR) is 60.9 cm³/mol. The number of carbonyl (C=O) groups is 1. The number of nitrogens with two attached hydrogens (primary N) is 1. The van der Waals surface area contributed by atoms with Crippen LogP contribution in [0, 0.1) is 5.92 Å². The Balaban J connectivity index is 1.93. The molecule has 5 heteroatoms. The van der Waals surface area contributed by atoms with E-state index in [1.54, 1.807) is 6.20 Å². The fraction of sp³-hybridized carbons (Fsp3) is 0.636. The molecule has 1 aliphatic carbocycles. The van der Waals surface area contributed by atoms with E-state index >= 15 is 0 Å². The molecule has 0 bridgehead atoms. The van der Waals surface area contributed by atoms with E-state index < -0.39 is 0 Å². The maximum absolute atomic E-state index is 11.8. The van der Waals surface area contributed by atoms with E-state index in [4.69, 9.17) is 5.73 Å². The summed E-state index contributed by atoms with van der Waals surface area (Å²) in [6.07, 6.45) is 7.97. The number of aromatic nitrogens is 2. The van der Waals surface area contributed by atoms with Gasteiger partial charge in [0, 0.05) is 18.8 Å². The highest BCUT2D eigenvalue weighted by atomic mass is 16.1. The molecule has 88 valence electrons. The lowest BCUT2D eigenvalue weighted by Crippen LogP contribution is -2.44. The minimum Gasteiger partial charge on any atom is -0.348 e. The smallest absolute Gasteiger partial charge is 0.254 e. The molecule has 1 heterocycles. The summed E-state index contributed by atoms with van der Waals surface area (Å²) in [6, 6.07) is 0.102. The number of hydrogen-bond donors (Lipinski definition) is 3. The molecular formula is C11H18N4O. The molecule has 0 aromatic carbocycles. The Morgan fingerprint density at radius 2 is 2.38 bits per heavy atom. The van der Waals surface area contributed by atoms with Crippen LogP contribution in [-0.2, 0) is 0 Å². The molecule has 1 saturated carbocycles. The molecule has 5 nitrogen and oxygen atoms in total. The molecule has 0 aliphatic heterocycles. The fourth-order valence-corrected chi connectivity index (χ4v) is 2.36. The van der Waals surface area contributed by atoms with Crippen LogP contribution in [0.25, 0.3) is 0 Å². The Labute approximate surface area is 94.8 Å². The second-order valence-corrected chi connectivity index (χ2v) is 4.35. The van der Waals surface area contributed by atoms with Crippen molar-refractivity contribution in [3.63, 3.8) is 0 Å². The van der Waals surface area contributed by atoms with Crippen molar-refractivity contribution in [1.82, 2.24) is 15.5 Å². The van der Waals surface area contributed by atoms with Crippen molar-refractivity contribution >= 4 is 5.91 Å². The van der Waals surface area contributed by atoms with Crippen LogP contribution in [0.4, 0.5) is 0 Å². The zero-order valence-electron chi connectivity index (χ0n) is 9.28. The van der Waals surface area contributed by atoms with Crippen LogP contribution in [0.1, 0.15) is 36.0 Å². The number of carbonyl (C=O) groups excluding carboxylic acids is 1. The Morgan fingerprint density at radius 3 is 2.94 bits per heavy atom. The van der Waals surface area contributed by atoms with Crippen molar-refractivity contribution < 1.29 is 4.79 Å². The van der Waals surface area contributed by atoms with Crippen LogP contribution < -0.4 is 11.1 Å². The summed E-state index contributed by atoms with van der Waals surface area (Å²) in [5.74, 6) is 0.456. The molecule has 1 amide bonds. The second kappa shape index (κ2) is 5.12. The summed E-state index contributed by atoms with van der Waals surface area (Å²) in [5, 5.41) is 9.37. The fourth-order valence-electron chi connectivity index (χ4n) is 2.36. The highest BCUT2D eigenvalue weighted by Gasteiger charge is 2.25. The third-order valence-electron chi connectivity index (χ3n) is 3.30. The highest BCUT2D eigenvalue weighted by Crippen LogP contribution is 2.27. The number of H-pyrrole nitrogens is 1. The van der Waals surface area contributed by atoms with E-state index in [9.17, 15) is 4.79 Å². The molecule has 0 spiro atoms. The van der Waals surface area contributed by atoms with Gasteiger partial charge in [0.15, 0.2) is 0 Å². The SMILES string of the molecule is NCC(NC(=O)c1cn[nH]c1)C1CCCC1. The molecule has 4 N–H and O–H groups in total. The molecule has 1 fully saturated rings.